The third kappa shape index (κ3) is 3.34. The molecule has 4 rings (SSSR count). The van der Waals surface area contributed by atoms with Gasteiger partial charge >= 0.3 is 5.97 Å². The van der Waals surface area contributed by atoms with Crippen LogP contribution in [0.2, 0.25) is 0 Å². The van der Waals surface area contributed by atoms with Crippen LogP contribution in [-0.2, 0) is 19.9 Å². The molecule has 0 spiro atoms. The minimum absolute atomic E-state index is 0.202. The largest absolute Gasteiger partial charge is 0.460 e. The fraction of sp³-hybridized carbons (Fsp3) is 0.526. The maximum Gasteiger partial charge on any atom is 0.349 e. The topological polar surface area (TPSA) is 71.1 Å². The molecule has 0 aromatic carbocycles. The van der Waals surface area contributed by atoms with E-state index >= 15 is 0 Å². The van der Waals surface area contributed by atoms with Gasteiger partial charge < -0.3 is 19.9 Å². The fourth-order valence-electron chi connectivity index (χ4n) is 3.57. The molecule has 2 N–H and O–H groups in total. The number of thiophene rings is 2. The van der Waals surface area contributed by atoms with Crippen LogP contribution in [0.25, 0.3) is 0 Å². The monoisotopic (exact) mass is 393 g/mol. The van der Waals surface area contributed by atoms with Crippen molar-refractivity contribution in [3.8, 4) is 0 Å². The molecule has 2 aromatic rings. The van der Waals surface area contributed by atoms with Crippen LogP contribution < -0.4 is 5.32 Å². The Balaban J connectivity index is 1.53. The first-order chi connectivity index (χ1) is 12.5. The van der Waals surface area contributed by atoms with Gasteiger partial charge in [0.25, 0.3) is 0 Å². The average molecular weight is 394 g/mol. The van der Waals surface area contributed by atoms with Crippen molar-refractivity contribution >= 4 is 28.6 Å². The van der Waals surface area contributed by atoms with E-state index in [2.05, 4.69) is 12.2 Å². The lowest BCUT2D eigenvalue weighted by atomic mass is 9.96. The van der Waals surface area contributed by atoms with E-state index in [1.165, 1.54) is 22.7 Å². The first-order valence-electron chi connectivity index (χ1n) is 8.91. The van der Waals surface area contributed by atoms with Gasteiger partial charge in [0.2, 0.25) is 5.60 Å². The molecule has 2 aliphatic heterocycles. The number of epoxide rings is 1. The summed E-state index contributed by atoms with van der Waals surface area (Å²) >= 11 is 2.79. The van der Waals surface area contributed by atoms with Gasteiger partial charge in [-0.05, 0) is 50.4 Å². The van der Waals surface area contributed by atoms with Crippen LogP contribution in [0.4, 0.5) is 0 Å². The Kier molecular flexibility index (Phi) is 4.92. The third-order valence-corrected chi connectivity index (χ3v) is 7.18. The van der Waals surface area contributed by atoms with Crippen LogP contribution in [0.3, 0.4) is 0 Å². The lowest BCUT2D eigenvalue weighted by molar-refractivity contribution is -0.169. The molecule has 4 heterocycles. The predicted molar refractivity (Wildman–Crippen MR) is 102 cm³/mol. The molecule has 0 bridgehead atoms. The van der Waals surface area contributed by atoms with Crippen molar-refractivity contribution in [2.24, 2.45) is 0 Å². The van der Waals surface area contributed by atoms with Crippen LogP contribution in [0.5, 0.6) is 0 Å². The number of aryl methyl sites for hydroxylation is 1. The second-order valence-corrected chi connectivity index (χ2v) is 9.25. The van der Waals surface area contributed by atoms with E-state index in [1.54, 1.807) is 6.07 Å². The van der Waals surface area contributed by atoms with Crippen molar-refractivity contribution in [3.63, 3.8) is 0 Å². The number of rotatable bonds is 5. The standard InChI is InChI=1S/C19H23NO4S2/c1-11-5-6-16(26-11)19(22,15-4-3-9-25-15)18(21)24-13-7-8-20-14(10-13)17-12(2)23-17/h3-6,9,12-14,17,20,22H,7-8,10H2,1-2H3. The molecule has 0 saturated carbocycles. The lowest BCUT2D eigenvalue weighted by Crippen LogP contribution is -2.47. The summed E-state index contributed by atoms with van der Waals surface area (Å²) < 4.78 is 11.4. The van der Waals surface area contributed by atoms with Crippen LogP contribution in [-0.4, -0.2) is 42.0 Å². The molecule has 0 aliphatic carbocycles. The Hall–Kier alpha value is -1.25. The number of carbonyl (C=O) groups excluding carboxylic acids is 1. The van der Waals surface area contributed by atoms with Crippen LogP contribution >= 0.6 is 22.7 Å². The number of piperidine rings is 1. The van der Waals surface area contributed by atoms with Crippen LogP contribution in [0.1, 0.15) is 34.4 Å². The maximum atomic E-state index is 13.1. The fourth-order valence-corrected chi connectivity index (χ4v) is 5.42. The quantitative estimate of drug-likeness (QED) is 0.604. The van der Waals surface area contributed by atoms with E-state index in [0.717, 1.165) is 17.8 Å². The van der Waals surface area contributed by atoms with Gasteiger partial charge in [-0.1, -0.05) is 6.07 Å². The van der Waals surface area contributed by atoms with Crippen molar-refractivity contribution in [1.82, 2.24) is 5.32 Å². The SMILES string of the molecule is Cc1ccc(C(O)(C(=O)OC2CCNC(C3OC3C)C2)c2cccs2)s1. The maximum absolute atomic E-state index is 13.1. The Bertz CT molecular complexity index is 774. The third-order valence-electron chi connectivity index (χ3n) is 5.09. The summed E-state index contributed by atoms with van der Waals surface area (Å²) in [7, 11) is 0. The highest BCUT2D eigenvalue weighted by molar-refractivity contribution is 7.13. The second-order valence-electron chi connectivity index (χ2n) is 7.02. The van der Waals surface area contributed by atoms with E-state index in [9.17, 15) is 9.90 Å². The minimum Gasteiger partial charge on any atom is -0.460 e. The van der Waals surface area contributed by atoms with Crippen molar-refractivity contribution in [3.05, 3.63) is 44.3 Å². The number of esters is 1. The molecule has 2 aliphatic rings. The zero-order valence-corrected chi connectivity index (χ0v) is 16.4. The molecule has 2 saturated heterocycles. The summed E-state index contributed by atoms with van der Waals surface area (Å²) in [4.78, 5) is 15.3. The summed E-state index contributed by atoms with van der Waals surface area (Å²) in [6, 6.07) is 7.55. The summed E-state index contributed by atoms with van der Waals surface area (Å²) in [6.07, 6.45) is 1.71. The number of carbonyl (C=O) groups is 1. The highest BCUT2D eigenvalue weighted by Gasteiger charge is 2.47. The predicted octanol–water partition coefficient (Wildman–Crippen LogP) is 2.81. The van der Waals surface area contributed by atoms with Crippen molar-refractivity contribution in [2.45, 2.75) is 56.6 Å². The van der Waals surface area contributed by atoms with Crippen molar-refractivity contribution in [1.29, 1.82) is 0 Å². The zero-order chi connectivity index (χ0) is 18.3. The minimum atomic E-state index is -1.74. The van der Waals surface area contributed by atoms with E-state index in [-0.39, 0.29) is 24.4 Å². The molecule has 5 unspecified atom stereocenters. The molecule has 140 valence electrons. The number of hydrogen-bond acceptors (Lipinski definition) is 7. The van der Waals surface area contributed by atoms with Gasteiger partial charge in [0.05, 0.1) is 22.0 Å². The van der Waals surface area contributed by atoms with E-state index in [4.69, 9.17) is 9.47 Å². The zero-order valence-electron chi connectivity index (χ0n) is 14.8. The lowest BCUT2D eigenvalue weighted by Gasteiger charge is -2.32. The molecule has 0 radical (unpaired) electrons. The number of nitrogens with one attached hydrogen (secondary N) is 1. The highest BCUT2D eigenvalue weighted by atomic mass is 32.1. The molecular formula is C19H23NO4S2. The Labute approximate surface area is 161 Å². The number of hydrogen-bond donors (Lipinski definition) is 2. The van der Waals surface area contributed by atoms with Gasteiger partial charge in [0, 0.05) is 17.3 Å². The Morgan fingerprint density at radius 2 is 2.19 bits per heavy atom. The smallest absolute Gasteiger partial charge is 0.349 e. The summed E-state index contributed by atoms with van der Waals surface area (Å²) in [5.74, 6) is -0.586. The Morgan fingerprint density at radius 3 is 2.81 bits per heavy atom. The molecule has 5 atom stereocenters. The Morgan fingerprint density at radius 1 is 1.38 bits per heavy atom. The second kappa shape index (κ2) is 7.05. The van der Waals surface area contributed by atoms with Gasteiger partial charge in [-0.2, -0.15) is 0 Å². The highest BCUT2D eigenvalue weighted by Crippen LogP contribution is 2.39. The summed E-state index contributed by atoms with van der Waals surface area (Å²) in [6.45, 7) is 4.80. The van der Waals surface area contributed by atoms with E-state index < -0.39 is 11.6 Å². The van der Waals surface area contributed by atoms with Gasteiger partial charge in [0.15, 0.2) is 0 Å². The first kappa shape index (κ1) is 18.1. The van der Waals surface area contributed by atoms with E-state index in [1.807, 2.05) is 30.5 Å². The van der Waals surface area contributed by atoms with Crippen molar-refractivity contribution < 1.29 is 19.4 Å². The van der Waals surface area contributed by atoms with Crippen molar-refractivity contribution in [2.75, 3.05) is 6.54 Å². The first-order valence-corrected chi connectivity index (χ1v) is 10.6. The molecule has 2 fully saturated rings. The summed E-state index contributed by atoms with van der Waals surface area (Å²) in [5, 5.41) is 16.7. The molecule has 2 aromatic heterocycles. The van der Waals surface area contributed by atoms with E-state index in [0.29, 0.717) is 16.2 Å². The van der Waals surface area contributed by atoms with Crippen LogP contribution in [0.15, 0.2) is 29.6 Å². The molecule has 5 nitrogen and oxygen atoms in total. The molecular weight excluding hydrogens is 370 g/mol. The molecule has 7 heteroatoms. The van der Waals surface area contributed by atoms with Gasteiger partial charge in [-0.25, -0.2) is 4.79 Å². The van der Waals surface area contributed by atoms with Gasteiger partial charge in [-0.3, -0.25) is 0 Å². The number of ether oxygens (including phenoxy) is 2. The molecule has 0 amide bonds. The van der Waals surface area contributed by atoms with Crippen LogP contribution in [0, 0.1) is 6.92 Å². The van der Waals surface area contributed by atoms with Gasteiger partial charge in [-0.15, -0.1) is 22.7 Å². The normalized spacial score (nSPS) is 30.6. The molecule has 26 heavy (non-hydrogen) atoms. The number of aliphatic hydroxyl groups is 1. The average Bonchev–Trinajstić information content (AvgIpc) is 3.04. The van der Waals surface area contributed by atoms with Gasteiger partial charge in [0.1, 0.15) is 6.10 Å². The summed E-state index contributed by atoms with van der Waals surface area (Å²) in [5.41, 5.74) is -1.74.